The van der Waals surface area contributed by atoms with Gasteiger partial charge >= 0.3 is 0 Å². The van der Waals surface area contributed by atoms with Crippen molar-refractivity contribution in [3.63, 3.8) is 0 Å². The second-order valence-corrected chi connectivity index (χ2v) is 14.0. The Morgan fingerprint density at radius 2 is 1.67 bits per heavy atom. The molecule has 0 aromatic heterocycles. The van der Waals surface area contributed by atoms with Gasteiger partial charge in [0.1, 0.15) is 18.3 Å². The molecule has 3 N–H and O–H groups in total. The van der Waals surface area contributed by atoms with Gasteiger partial charge in [0.15, 0.2) is 0 Å². The van der Waals surface area contributed by atoms with E-state index in [1.54, 1.807) is 7.11 Å². The third-order valence-corrected chi connectivity index (χ3v) is 9.80. The largest absolute Gasteiger partial charge is 0.390 e. The first kappa shape index (κ1) is 37.5. The highest BCUT2D eigenvalue weighted by Gasteiger charge is 2.36. The second-order valence-electron chi connectivity index (χ2n) is 14.0. The van der Waals surface area contributed by atoms with Gasteiger partial charge in [-0.1, -0.05) is 96.0 Å². The molecular formula is C37H62N2O6. The number of unbranched alkanes of at least 4 members (excludes halogenated alkanes) is 1. The number of nitrogens with one attached hydrogen (secondary N) is 1. The number of aliphatic hydroxyl groups excluding tert-OH is 2. The van der Waals surface area contributed by atoms with Crippen LogP contribution in [0.4, 0.5) is 0 Å². The summed E-state index contributed by atoms with van der Waals surface area (Å²) in [5, 5.41) is 25.3. The first-order valence-corrected chi connectivity index (χ1v) is 17.8. The van der Waals surface area contributed by atoms with E-state index < -0.39 is 30.5 Å². The maximum atomic E-state index is 14.0. The number of likely N-dealkylation sites (tertiary alicyclic amines) is 1. The summed E-state index contributed by atoms with van der Waals surface area (Å²) in [6.07, 6.45) is 8.60. The summed E-state index contributed by atoms with van der Waals surface area (Å²) < 4.78 is 11.8. The molecule has 1 aromatic rings. The molecule has 256 valence electrons. The lowest BCUT2D eigenvalue weighted by molar-refractivity contribution is -0.155. The molecule has 1 saturated heterocycles. The third-order valence-electron chi connectivity index (χ3n) is 9.80. The van der Waals surface area contributed by atoms with Crippen molar-refractivity contribution >= 4 is 11.8 Å². The average molecular weight is 631 g/mol. The number of piperidine rings is 1. The molecule has 1 heterocycles. The van der Waals surface area contributed by atoms with E-state index in [4.69, 9.17) is 9.47 Å². The number of hydrogen-bond acceptors (Lipinski definition) is 6. The molecule has 1 aliphatic heterocycles. The Kier molecular flexibility index (Phi) is 16.9. The van der Waals surface area contributed by atoms with Crippen LogP contribution in [-0.2, 0) is 25.5 Å². The molecule has 1 saturated carbocycles. The van der Waals surface area contributed by atoms with E-state index in [1.165, 1.54) is 6.42 Å². The number of rotatable bonds is 19. The fourth-order valence-corrected chi connectivity index (χ4v) is 7.03. The van der Waals surface area contributed by atoms with Gasteiger partial charge in [-0.3, -0.25) is 9.59 Å². The maximum Gasteiger partial charge on any atom is 0.252 e. The number of carbonyl (C=O) groups is 2. The Bertz CT molecular complexity index is 961. The molecule has 1 aliphatic carbocycles. The molecule has 0 spiro atoms. The molecule has 2 aliphatic rings. The topological polar surface area (TPSA) is 108 Å². The number of carbonyl (C=O) groups excluding carboxylic acids is 2. The molecule has 2 fully saturated rings. The minimum absolute atomic E-state index is 0.0653. The van der Waals surface area contributed by atoms with E-state index in [1.807, 2.05) is 49.1 Å². The van der Waals surface area contributed by atoms with E-state index in [0.717, 1.165) is 70.0 Å². The van der Waals surface area contributed by atoms with Crippen LogP contribution in [0.3, 0.4) is 0 Å². The summed E-state index contributed by atoms with van der Waals surface area (Å²) in [6.45, 7) is 8.20. The summed E-state index contributed by atoms with van der Waals surface area (Å²) in [4.78, 5) is 29.9. The fraction of sp³-hybridized carbons (Fsp3) is 0.784. The van der Waals surface area contributed by atoms with Crippen molar-refractivity contribution < 1.29 is 29.3 Å². The van der Waals surface area contributed by atoms with Crippen LogP contribution in [0, 0.1) is 17.8 Å². The van der Waals surface area contributed by atoms with Crippen LogP contribution in [-0.4, -0.2) is 84.2 Å². The molecule has 0 bridgehead atoms. The highest BCUT2D eigenvalue weighted by atomic mass is 16.5. The van der Waals surface area contributed by atoms with Gasteiger partial charge in [0.25, 0.3) is 5.91 Å². The Morgan fingerprint density at radius 3 is 2.29 bits per heavy atom. The monoisotopic (exact) mass is 630 g/mol. The van der Waals surface area contributed by atoms with Crippen LogP contribution in [0.2, 0.25) is 0 Å². The van der Waals surface area contributed by atoms with Crippen LogP contribution in [0.5, 0.6) is 0 Å². The van der Waals surface area contributed by atoms with Crippen molar-refractivity contribution in [1.29, 1.82) is 0 Å². The van der Waals surface area contributed by atoms with Crippen LogP contribution in [0.1, 0.15) is 110 Å². The fourth-order valence-electron chi connectivity index (χ4n) is 7.03. The van der Waals surface area contributed by atoms with Crippen molar-refractivity contribution in [2.75, 3.05) is 26.8 Å². The smallest absolute Gasteiger partial charge is 0.252 e. The average Bonchev–Trinajstić information content (AvgIpc) is 3.05. The zero-order valence-electron chi connectivity index (χ0n) is 28.5. The van der Waals surface area contributed by atoms with E-state index in [9.17, 15) is 19.8 Å². The van der Waals surface area contributed by atoms with Gasteiger partial charge in [-0.15, -0.1) is 0 Å². The van der Waals surface area contributed by atoms with Gasteiger partial charge in [0.2, 0.25) is 5.91 Å². The molecule has 8 nitrogen and oxygen atoms in total. The third kappa shape index (κ3) is 13.0. The van der Waals surface area contributed by atoms with E-state index >= 15 is 0 Å². The molecular weight excluding hydrogens is 568 g/mol. The van der Waals surface area contributed by atoms with Gasteiger partial charge in [-0.25, -0.2) is 0 Å². The molecule has 3 rings (SSSR count). The zero-order valence-corrected chi connectivity index (χ0v) is 28.5. The number of ether oxygens (including phenoxy) is 2. The lowest BCUT2D eigenvalue weighted by atomic mass is 9.82. The predicted octanol–water partition coefficient (Wildman–Crippen LogP) is 5.67. The summed E-state index contributed by atoms with van der Waals surface area (Å²) in [5.41, 5.74) is 0.989. The summed E-state index contributed by atoms with van der Waals surface area (Å²) in [7, 11) is 1.72. The lowest BCUT2D eigenvalue weighted by Crippen LogP contribution is -2.54. The van der Waals surface area contributed by atoms with E-state index in [0.29, 0.717) is 50.6 Å². The number of aliphatic hydroxyl groups is 2. The van der Waals surface area contributed by atoms with E-state index in [-0.39, 0.29) is 17.7 Å². The van der Waals surface area contributed by atoms with Gasteiger partial charge in [-0.2, -0.15) is 0 Å². The highest BCUT2D eigenvalue weighted by molar-refractivity contribution is 5.84. The van der Waals surface area contributed by atoms with Gasteiger partial charge in [-0.05, 0) is 61.8 Å². The van der Waals surface area contributed by atoms with Gasteiger partial charge < -0.3 is 29.9 Å². The van der Waals surface area contributed by atoms with Crippen molar-refractivity contribution in [3.8, 4) is 0 Å². The zero-order chi connectivity index (χ0) is 32.6. The Morgan fingerprint density at radius 1 is 0.978 bits per heavy atom. The summed E-state index contributed by atoms with van der Waals surface area (Å²) in [5.74, 6) is 0.799. The quantitative estimate of drug-likeness (QED) is 0.182. The summed E-state index contributed by atoms with van der Waals surface area (Å²) in [6, 6.07) is 9.28. The van der Waals surface area contributed by atoms with Crippen LogP contribution >= 0.6 is 0 Å². The Labute approximate surface area is 272 Å². The number of hydrogen-bond donors (Lipinski definition) is 3. The number of amides is 2. The molecule has 1 aromatic carbocycles. The van der Waals surface area contributed by atoms with Crippen molar-refractivity contribution in [1.82, 2.24) is 10.2 Å². The van der Waals surface area contributed by atoms with Crippen LogP contribution in [0.15, 0.2) is 30.3 Å². The van der Waals surface area contributed by atoms with Crippen molar-refractivity contribution in [3.05, 3.63) is 35.9 Å². The minimum Gasteiger partial charge on any atom is -0.390 e. The minimum atomic E-state index is -1.06. The normalized spacial score (nSPS) is 20.0. The lowest BCUT2D eigenvalue weighted by Gasteiger charge is -2.36. The number of nitrogens with zero attached hydrogens (tertiary/aromatic N) is 1. The van der Waals surface area contributed by atoms with Gasteiger partial charge in [0, 0.05) is 33.2 Å². The first-order valence-electron chi connectivity index (χ1n) is 17.8. The second kappa shape index (κ2) is 20.3. The molecule has 2 amide bonds. The number of benzene rings is 1. The maximum absolute atomic E-state index is 14.0. The number of methoxy groups -OCH3 is 1. The highest BCUT2D eigenvalue weighted by Crippen LogP contribution is 2.29. The van der Waals surface area contributed by atoms with Gasteiger partial charge in [0.05, 0.1) is 12.1 Å². The Balaban J connectivity index is 1.78. The van der Waals surface area contributed by atoms with E-state index in [2.05, 4.69) is 12.2 Å². The molecule has 0 radical (unpaired) electrons. The standard InChI is InChI=1S/C37H62N2O6/c1-5-6-17-33(36(42)38-31(25-29-13-9-7-10-14-29)35(41)32(40)24-27(2)3)45-34(26-30-15-11-8-12-16-30)37(43)39-21-18-28(19-22-39)20-23-44-4/h8,11-12,15-16,27-29,31-35,40-41H,5-7,9-10,13-14,17-26H2,1-4H3,(H,38,42)/t31-,32-,33-,34-,35+/m0/s1. The Hall–Kier alpha value is -2.00. The first-order chi connectivity index (χ1) is 21.7. The summed E-state index contributed by atoms with van der Waals surface area (Å²) >= 11 is 0. The molecule has 5 atom stereocenters. The van der Waals surface area contributed by atoms with Crippen molar-refractivity contribution in [2.45, 2.75) is 141 Å². The van der Waals surface area contributed by atoms with Crippen LogP contribution < -0.4 is 5.32 Å². The SMILES string of the molecule is CCCC[C@H](O[C@@H](Cc1ccccc1)C(=O)N1CCC(CCOC)CC1)C(=O)N[C@@H](CC1CCCCC1)[C@@H](O)[C@@H](O)CC(C)C. The molecule has 0 unspecified atom stereocenters. The van der Waals surface area contributed by atoms with Crippen LogP contribution in [0.25, 0.3) is 0 Å². The van der Waals surface area contributed by atoms with Crippen molar-refractivity contribution in [2.24, 2.45) is 17.8 Å². The molecule has 8 heteroatoms. The molecule has 45 heavy (non-hydrogen) atoms. The predicted molar refractivity (Wildman–Crippen MR) is 179 cm³/mol.